The molecule has 2 N–H and O–H groups in total. The van der Waals surface area contributed by atoms with Crippen molar-refractivity contribution in [1.29, 1.82) is 0 Å². The van der Waals surface area contributed by atoms with Crippen LogP contribution >= 0.6 is 12.2 Å². The maximum absolute atomic E-state index is 5.39. The Morgan fingerprint density at radius 2 is 2.31 bits per heavy atom. The molecule has 0 radical (unpaired) electrons. The van der Waals surface area contributed by atoms with Crippen LogP contribution in [-0.4, -0.2) is 9.97 Å². The molecule has 0 unspecified atom stereocenters. The molecule has 0 saturated carbocycles. The monoisotopic (exact) mass is 192 g/mol. The summed E-state index contributed by atoms with van der Waals surface area (Å²) in [5, 5.41) is 0. The molecular weight excluding hydrogens is 184 g/mol. The molecule has 3 nitrogen and oxygen atoms in total. The zero-order chi connectivity index (χ0) is 9.42. The molecule has 0 atom stereocenters. The highest BCUT2D eigenvalue weighted by atomic mass is 32.1. The first-order chi connectivity index (χ1) is 6.16. The summed E-state index contributed by atoms with van der Waals surface area (Å²) in [5.74, 6) is 0.329. The topological polar surface area (TPSA) is 52.0 Å². The minimum Gasteiger partial charge on any atom is -0.434 e. The maximum atomic E-state index is 5.39. The highest BCUT2D eigenvalue weighted by molar-refractivity contribution is 7.80. The highest BCUT2D eigenvalue weighted by Gasteiger charge is 2.06. The van der Waals surface area contributed by atoms with Crippen LogP contribution in [0.15, 0.2) is 22.6 Å². The van der Waals surface area contributed by atoms with Gasteiger partial charge in [-0.15, -0.1) is 0 Å². The molecule has 0 aliphatic rings. The summed E-state index contributed by atoms with van der Waals surface area (Å²) in [4.78, 5) is 4.31. The normalized spacial score (nSPS) is 10.5. The Kier molecular flexibility index (Phi) is 1.77. The van der Waals surface area contributed by atoms with E-state index < -0.39 is 0 Å². The van der Waals surface area contributed by atoms with Crippen LogP contribution in [0, 0.1) is 6.92 Å². The third kappa shape index (κ3) is 1.40. The van der Waals surface area contributed by atoms with Crippen molar-refractivity contribution in [2.45, 2.75) is 6.92 Å². The molecular formula is C9H8N2OS. The number of hydrogen-bond donors (Lipinski definition) is 1. The Labute approximate surface area is 80.6 Å². The SMILES string of the molecule is Cc1ccc2nc(C(N)=S)oc2c1. The van der Waals surface area contributed by atoms with Crippen molar-refractivity contribution in [2.24, 2.45) is 5.73 Å². The molecule has 13 heavy (non-hydrogen) atoms. The highest BCUT2D eigenvalue weighted by Crippen LogP contribution is 2.16. The lowest BCUT2D eigenvalue weighted by atomic mass is 10.2. The molecule has 0 bridgehead atoms. The minimum absolute atomic E-state index is 0.189. The van der Waals surface area contributed by atoms with Gasteiger partial charge < -0.3 is 10.2 Å². The average molecular weight is 192 g/mol. The second-order valence-electron chi connectivity index (χ2n) is 2.85. The molecule has 1 aromatic carbocycles. The number of benzene rings is 1. The predicted molar refractivity (Wildman–Crippen MR) is 54.6 cm³/mol. The van der Waals surface area contributed by atoms with Gasteiger partial charge in [-0.25, -0.2) is 4.98 Å². The zero-order valence-electron chi connectivity index (χ0n) is 7.07. The number of rotatable bonds is 1. The molecule has 0 aliphatic carbocycles. The van der Waals surface area contributed by atoms with E-state index in [1.807, 2.05) is 25.1 Å². The lowest BCUT2D eigenvalue weighted by molar-refractivity contribution is 0.591. The fraction of sp³-hybridized carbons (Fsp3) is 0.111. The van der Waals surface area contributed by atoms with Crippen LogP contribution in [0.2, 0.25) is 0 Å². The molecule has 0 saturated heterocycles. The van der Waals surface area contributed by atoms with Gasteiger partial charge >= 0.3 is 0 Å². The lowest BCUT2D eigenvalue weighted by Crippen LogP contribution is -2.09. The van der Waals surface area contributed by atoms with Gasteiger partial charge in [-0.2, -0.15) is 0 Å². The molecule has 0 spiro atoms. The van der Waals surface area contributed by atoms with E-state index in [9.17, 15) is 0 Å². The van der Waals surface area contributed by atoms with Crippen molar-refractivity contribution in [2.75, 3.05) is 0 Å². The van der Waals surface area contributed by atoms with Crippen molar-refractivity contribution in [3.63, 3.8) is 0 Å². The fourth-order valence-electron chi connectivity index (χ4n) is 1.14. The van der Waals surface area contributed by atoms with Gasteiger partial charge in [-0.1, -0.05) is 18.3 Å². The van der Waals surface area contributed by atoms with E-state index in [4.69, 9.17) is 22.4 Å². The maximum Gasteiger partial charge on any atom is 0.255 e. The lowest BCUT2D eigenvalue weighted by Gasteiger charge is -1.88. The van der Waals surface area contributed by atoms with Gasteiger partial charge in [-0.3, -0.25) is 0 Å². The molecule has 1 heterocycles. The zero-order valence-corrected chi connectivity index (χ0v) is 7.89. The van der Waals surface area contributed by atoms with Gasteiger partial charge in [0, 0.05) is 0 Å². The molecule has 66 valence electrons. The van der Waals surface area contributed by atoms with Crippen LogP contribution in [0.4, 0.5) is 0 Å². The summed E-state index contributed by atoms with van der Waals surface area (Å²) >= 11 is 4.76. The number of nitrogens with zero attached hydrogens (tertiary/aromatic N) is 1. The van der Waals surface area contributed by atoms with Gasteiger partial charge in [-0.05, 0) is 24.6 Å². The number of thiocarbonyl (C=S) groups is 1. The van der Waals surface area contributed by atoms with Crippen molar-refractivity contribution >= 4 is 28.3 Å². The number of oxazole rings is 1. The van der Waals surface area contributed by atoms with Crippen molar-refractivity contribution in [3.8, 4) is 0 Å². The van der Waals surface area contributed by atoms with Crippen LogP contribution < -0.4 is 5.73 Å². The number of aryl methyl sites for hydroxylation is 1. The Morgan fingerprint density at radius 3 is 3.00 bits per heavy atom. The van der Waals surface area contributed by atoms with Gasteiger partial charge in [0.15, 0.2) is 10.6 Å². The Morgan fingerprint density at radius 1 is 1.54 bits per heavy atom. The summed E-state index contributed by atoms with van der Waals surface area (Å²) in [6, 6.07) is 5.76. The van der Waals surface area contributed by atoms with Crippen molar-refractivity contribution < 1.29 is 4.42 Å². The number of aromatic nitrogens is 1. The number of hydrogen-bond acceptors (Lipinski definition) is 3. The smallest absolute Gasteiger partial charge is 0.255 e. The van der Waals surface area contributed by atoms with E-state index in [0.29, 0.717) is 5.89 Å². The summed E-state index contributed by atoms with van der Waals surface area (Å²) in [6.45, 7) is 1.99. The number of fused-ring (bicyclic) bond motifs is 1. The van der Waals surface area contributed by atoms with Gasteiger partial charge in [0.1, 0.15) is 5.52 Å². The van der Waals surface area contributed by atoms with Gasteiger partial charge in [0.25, 0.3) is 5.89 Å². The molecule has 0 fully saturated rings. The first-order valence-corrected chi connectivity index (χ1v) is 4.24. The standard InChI is InChI=1S/C9H8N2OS/c1-5-2-3-6-7(4-5)12-9(11-6)8(10)13/h2-4H,1H3,(H2,10,13). The fourth-order valence-corrected chi connectivity index (χ4v) is 1.22. The summed E-state index contributed by atoms with van der Waals surface area (Å²) in [6.07, 6.45) is 0. The summed E-state index contributed by atoms with van der Waals surface area (Å²) in [5.41, 5.74) is 8.02. The molecule has 0 amide bonds. The van der Waals surface area contributed by atoms with Crippen LogP contribution in [0.5, 0.6) is 0 Å². The van der Waals surface area contributed by atoms with Crippen LogP contribution in [0.25, 0.3) is 11.1 Å². The van der Waals surface area contributed by atoms with Crippen molar-refractivity contribution in [1.82, 2.24) is 4.98 Å². The molecule has 2 aromatic rings. The van der Waals surface area contributed by atoms with E-state index in [0.717, 1.165) is 16.7 Å². The van der Waals surface area contributed by atoms with Crippen LogP contribution in [0.3, 0.4) is 0 Å². The molecule has 4 heteroatoms. The minimum atomic E-state index is 0.189. The van der Waals surface area contributed by atoms with E-state index in [2.05, 4.69) is 4.98 Å². The average Bonchev–Trinajstić information content (AvgIpc) is 2.46. The second kappa shape index (κ2) is 2.81. The second-order valence-corrected chi connectivity index (χ2v) is 3.29. The van der Waals surface area contributed by atoms with Gasteiger partial charge in [0.05, 0.1) is 0 Å². The van der Waals surface area contributed by atoms with Gasteiger partial charge in [0.2, 0.25) is 0 Å². The van der Waals surface area contributed by atoms with Crippen molar-refractivity contribution in [3.05, 3.63) is 29.7 Å². The molecule has 1 aromatic heterocycles. The van der Waals surface area contributed by atoms with Crippen LogP contribution in [-0.2, 0) is 0 Å². The first-order valence-electron chi connectivity index (χ1n) is 3.84. The largest absolute Gasteiger partial charge is 0.434 e. The van der Waals surface area contributed by atoms with Crippen LogP contribution in [0.1, 0.15) is 11.5 Å². The predicted octanol–water partition coefficient (Wildman–Crippen LogP) is 1.77. The van der Waals surface area contributed by atoms with E-state index in [1.54, 1.807) is 0 Å². The third-order valence-corrected chi connectivity index (χ3v) is 1.93. The summed E-state index contributed by atoms with van der Waals surface area (Å²) in [7, 11) is 0. The van der Waals surface area contributed by atoms with E-state index in [1.165, 1.54) is 0 Å². The first kappa shape index (κ1) is 8.19. The van der Waals surface area contributed by atoms with E-state index >= 15 is 0 Å². The molecule has 0 aliphatic heterocycles. The third-order valence-electron chi connectivity index (χ3n) is 1.75. The number of nitrogens with two attached hydrogens (primary N) is 1. The Balaban J connectivity index is 2.68. The quantitative estimate of drug-likeness (QED) is 0.699. The molecule has 2 rings (SSSR count). The Hall–Kier alpha value is -1.42. The summed E-state index contributed by atoms with van der Waals surface area (Å²) < 4.78 is 5.33. The van der Waals surface area contributed by atoms with E-state index in [-0.39, 0.29) is 4.99 Å². The Bertz CT molecular complexity index is 475.